The maximum atomic E-state index is 10.8. The first-order valence-corrected chi connectivity index (χ1v) is 9.23. The van der Waals surface area contributed by atoms with Gasteiger partial charge in [-0.25, -0.2) is 9.78 Å². The predicted molar refractivity (Wildman–Crippen MR) is 106 cm³/mol. The zero-order valence-corrected chi connectivity index (χ0v) is 16.3. The second kappa shape index (κ2) is 6.71. The van der Waals surface area contributed by atoms with Crippen molar-refractivity contribution < 1.29 is 9.90 Å². The molecule has 3 nitrogen and oxygen atoms in total. The molecule has 0 amide bonds. The van der Waals surface area contributed by atoms with E-state index in [0.29, 0.717) is 11.6 Å². The van der Waals surface area contributed by atoms with Crippen molar-refractivity contribution in [3.63, 3.8) is 0 Å². The molecule has 0 radical (unpaired) electrons. The second-order valence-corrected chi connectivity index (χ2v) is 8.15. The van der Waals surface area contributed by atoms with Crippen LogP contribution in [0.5, 0.6) is 0 Å². The van der Waals surface area contributed by atoms with E-state index in [4.69, 9.17) is 10.1 Å². The van der Waals surface area contributed by atoms with E-state index in [2.05, 4.69) is 46.8 Å². The fourth-order valence-electron chi connectivity index (χ4n) is 3.91. The molecule has 0 aliphatic heterocycles. The van der Waals surface area contributed by atoms with Gasteiger partial charge in [-0.3, -0.25) is 0 Å². The third-order valence-corrected chi connectivity index (χ3v) is 5.63. The number of nitrogens with zero attached hydrogens (tertiary/aromatic N) is 1. The summed E-state index contributed by atoms with van der Waals surface area (Å²) in [6.07, 6.45) is 5.10. The molecule has 0 bridgehead atoms. The summed E-state index contributed by atoms with van der Waals surface area (Å²) in [7, 11) is 0. The van der Waals surface area contributed by atoms with Gasteiger partial charge in [-0.15, -0.1) is 0 Å². The number of rotatable bonds is 3. The van der Waals surface area contributed by atoms with E-state index in [1.54, 1.807) is 6.08 Å². The van der Waals surface area contributed by atoms with Gasteiger partial charge in [0.1, 0.15) is 0 Å². The summed E-state index contributed by atoms with van der Waals surface area (Å²) in [6, 6.07) is 8.52. The highest BCUT2D eigenvalue weighted by molar-refractivity contribution is 5.85. The summed E-state index contributed by atoms with van der Waals surface area (Å²) < 4.78 is 0. The summed E-state index contributed by atoms with van der Waals surface area (Å²) in [5.41, 5.74) is 8.17. The molecule has 1 aromatic carbocycles. The van der Waals surface area contributed by atoms with Gasteiger partial charge in [0.15, 0.2) is 0 Å². The van der Waals surface area contributed by atoms with Gasteiger partial charge in [-0.2, -0.15) is 0 Å². The molecule has 1 aliphatic carbocycles. The number of aromatic nitrogens is 1. The first kappa shape index (κ1) is 18.4. The Morgan fingerprint density at radius 1 is 1.23 bits per heavy atom. The minimum atomic E-state index is -0.963. The molecular formula is C23H27NO2. The molecule has 26 heavy (non-hydrogen) atoms. The smallest absolute Gasteiger partial charge is 0.328 e. The van der Waals surface area contributed by atoms with E-state index in [0.717, 1.165) is 22.9 Å². The Bertz CT molecular complexity index is 893. The van der Waals surface area contributed by atoms with Gasteiger partial charge in [0, 0.05) is 11.6 Å². The van der Waals surface area contributed by atoms with Crippen LogP contribution in [-0.4, -0.2) is 16.1 Å². The molecule has 3 rings (SSSR count). The van der Waals surface area contributed by atoms with Crippen molar-refractivity contribution in [3.05, 3.63) is 58.3 Å². The van der Waals surface area contributed by atoms with Crippen molar-refractivity contribution in [1.82, 2.24) is 4.98 Å². The van der Waals surface area contributed by atoms with Gasteiger partial charge in [0.25, 0.3) is 0 Å². The molecule has 1 unspecified atom stereocenters. The molecule has 1 aromatic heterocycles. The minimum absolute atomic E-state index is 0.208. The van der Waals surface area contributed by atoms with Gasteiger partial charge >= 0.3 is 5.97 Å². The van der Waals surface area contributed by atoms with Crippen molar-refractivity contribution >= 4 is 12.0 Å². The van der Waals surface area contributed by atoms with E-state index in [1.807, 2.05) is 12.1 Å². The lowest BCUT2D eigenvalue weighted by Gasteiger charge is -2.37. The Morgan fingerprint density at radius 3 is 2.65 bits per heavy atom. The SMILES string of the molecule is Cc1cc2c(cc1-c1nc(C=CC(=O)O)ccc1C)C(C)CCC2(C)C. The Hall–Kier alpha value is -2.42. The highest BCUT2D eigenvalue weighted by Gasteiger charge is 2.31. The third-order valence-electron chi connectivity index (χ3n) is 5.63. The number of carboxylic acid groups (broad SMARTS) is 1. The average Bonchev–Trinajstić information content (AvgIpc) is 2.58. The van der Waals surface area contributed by atoms with Crippen LogP contribution in [-0.2, 0) is 10.2 Å². The van der Waals surface area contributed by atoms with Crippen LogP contribution >= 0.6 is 0 Å². The highest BCUT2D eigenvalue weighted by atomic mass is 16.4. The van der Waals surface area contributed by atoms with Crippen LogP contribution in [0.15, 0.2) is 30.3 Å². The number of aliphatic carboxylic acids is 1. The zero-order chi connectivity index (χ0) is 19.1. The van der Waals surface area contributed by atoms with Crippen LogP contribution in [0.4, 0.5) is 0 Å². The number of hydrogen-bond acceptors (Lipinski definition) is 2. The minimum Gasteiger partial charge on any atom is -0.478 e. The van der Waals surface area contributed by atoms with Crippen molar-refractivity contribution in [2.75, 3.05) is 0 Å². The van der Waals surface area contributed by atoms with Gasteiger partial charge < -0.3 is 5.11 Å². The molecular weight excluding hydrogens is 322 g/mol. The van der Waals surface area contributed by atoms with Crippen LogP contribution in [0.3, 0.4) is 0 Å². The Labute approximate surface area is 155 Å². The standard InChI is InChI=1S/C23H27NO2/c1-14-10-11-23(4,5)20-12-16(3)19(13-18(14)20)22-15(2)6-7-17(24-22)8-9-21(25)26/h6-9,12-14H,10-11H2,1-5H3,(H,25,26). The van der Waals surface area contributed by atoms with Gasteiger partial charge in [-0.05, 0) is 78.5 Å². The lowest BCUT2D eigenvalue weighted by atomic mass is 9.68. The summed E-state index contributed by atoms with van der Waals surface area (Å²) >= 11 is 0. The van der Waals surface area contributed by atoms with Gasteiger partial charge in [0.05, 0.1) is 11.4 Å². The monoisotopic (exact) mass is 349 g/mol. The van der Waals surface area contributed by atoms with Gasteiger partial charge in [-0.1, -0.05) is 32.9 Å². The maximum absolute atomic E-state index is 10.8. The number of benzene rings is 1. The summed E-state index contributed by atoms with van der Waals surface area (Å²) in [6.45, 7) is 11.2. The van der Waals surface area contributed by atoms with Crippen molar-refractivity contribution in [1.29, 1.82) is 0 Å². The molecule has 1 atom stereocenters. The fourth-order valence-corrected chi connectivity index (χ4v) is 3.91. The first-order chi connectivity index (χ1) is 12.2. The molecule has 136 valence electrons. The van der Waals surface area contributed by atoms with Crippen LogP contribution < -0.4 is 0 Å². The second-order valence-electron chi connectivity index (χ2n) is 8.15. The topological polar surface area (TPSA) is 50.2 Å². The Kier molecular flexibility index (Phi) is 4.74. The predicted octanol–water partition coefficient (Wildman–Crippen LogP) is 5.64. The van der Waals surface area contributed by atoms with E-state index in [-0.39, 0.29) is 5.41 Å². The maximum Gasteiger partial charge on any atom is 0.328 e. The summed E-state index contributed by atoms with van der Waals surface area (Å²) in [5, 5.41) is 8.86. The number of pyridine rings is 1. The number of carbonyl (C=O) groups is 1. The average molecular weight is 349 g/mol. The molecule has 0 saturated heterocycles. The highest BCUT2D eigenvalue weighted by Crippen LogP contribution is 2.44. The van der Waals surface area contributed by atoms with Crippen LogP contribution in [0.25, 0.3) is 17.3 Å². The normalized spacial score (nSPS) is 18.7. The Morgan fingerprint density at radius 2 is 1.96 bits per heavy atom. The first-order valence-electron chi connectivity index (χ1n) is 9.23. The third kappa shape index (κ3) is 3.44. The Balaban J connectivity index is 2.15. The molecule has 1 N–H and O–H groups in total. The molecule has 0 fully saturated rings. The molecule has 2 aromatic rings. The lowest BCUT2D eigenvalue weighted by Crippen LogP contribution is -2.25. The van der Waals surface area contributed by atoms with Crippen LogP contribution in [0, 0.1) is 13.8 Å². The van der Waals surface area contributed by atoms with Crippen molar-refractivity contribution in [2.45, 2.75) is 58.8 Å². The van der Waals surface area contributed by atoms with Crippen molar-refractivity contribution in [3.8, 4) is 11.3 Å². The number of fused-ring (bicyclic) bond motifs is 1. The molecule has 0 spiro atoms. The van der Waals surface area contributed by atoms with E-state index >= 15 is 0 Å². The summed E-state index contributed by atoms with van der Waals surface area (Å²) in [4.78, 5) is 15.5. The van der Waals surface area contributed by atoms with Crippen LogP contribution in [0.2, 0.25) is 0 Å². The van der Waals surface area contributed by atoms with E-state index in [1.165, 1.54) is 29.5 Å². The quantitative estimate of drug-likeness (QED) is 0.730. The van der Waals surface area contributed by atoms with E-state index < -0.39 is 5.97 Å². The fraction of sp³-hybridized carbons (Fsp3) is 0.391. The molecule has 0 saturated carbocycles. The molecule has 1 aliphatic rings. The molecule has 3 heteroatoms. The number of hydrogen-bond donors (Lipinski definition) is 1. The number of aryl methyl sites for hydroxylation is 2. The van der Waals surface area contributed by atoms with Gasteiger partial charge in [0.2, 0.25) is 0 Å². The van der Waals surface area contributed by atoms with Crippen LogP contribution in [0.1, 0.15) is 67.5 Å². The number of carboxylic acids is 1. The molecule has 1 heterocycles. The largest absolute Gasteiger partial charge is 0.478 e. The summed E-state index contributed by atoms with van der Waals surface area (Å²) in [5.74, 6) is -0.414. The van der Waals surface area contributed by atoms with E-state index in [9.17, 15) is 4.79 Å². The zero-order valence-electron chi connectivity index (χ0n) is 16.3. The van der Waals surface area contributed by atoms with Crippen molar-refractivity contribution in [2.24, 2.45) is 0 Å². The lowest BCUT2D eigenvalue weighted by molar-refractivity contribution is -0.131.